The number of hydrogen-bond donors (Lipinski definition) is 1. The molecule has 1 aromatic rings. The summed E-state index contributed by atoms with van der Waals surface area (Å²) in [5.74, 6) is 0.689. The Balaban J connectivity index is 2.48. The summed E-state index contributed by atoms with van der Waals surface area (Å²) < 4.78 is 0. The monoisotopic (exact) mass is 164 g/mol. The van der Waals surface area contributed by atoms with Crippen LogP contribution in [0.3, 0.4) is 0 Å². The largest absolute Gasteiger partial charge is 0.333 e. The van der Waals surface area contributed by atoms with Crippen molar-refractivity contribution in [3.63, 3.8) is 0 Å². The molecule has 0 unspecified atom stereocenters. The number of aromatic nitrogens is 2. The van der Waals surface area contributed by atoms with Gasteiger partial charge < -0.3 is 5.32 Å². The predicted molar refractivity (Wildman–Crippen MR) is 42.7 cm³/mol. The number of carbonyl (C=O) groups excluding carboxylic acids is 1. The molecule has 12 heavy (non-hydrogen) atoms. The summed E-state index contributed by atoms with van der Waals surface area (Å²) in [6.07, 6.45) is 3.15. The van der Waals surface area contributed by atoms with Crippen LogP contribution in [-0.4, -0.2) is 23.0 Å². The summed E-state index contributed by atoms with van der Waals surface area (Å²) >= 11 is 0. The molecule has 2 rings (SSSR count). The molecule has 1 aliphatic heterocycles. The van der Waals surface area contributed by atoms with Gasteiger partial charge in [0.05, 0.1) is 0 Å². The molecule has 0 aromatic carbocycles. The highest BCUT2D eigenvalue weighted by Crippen LogP contribution is 2.17. The van der Waals surface area contributed by atoms with E-state index in [0.29, 0.717) is 12.4 Å². The highest BCUT2D eigenvalue weighted by Gasteiger charge is 2.20. The molecular formula is C7H8N4O. The molecule has 2 amide bonds. The maximum atomic E-state index is 11.1. The van der Waals surface area contributed by atoms with E-state index >= 15 is 0 Å². The van der Waals surface area contributed by atoms with Gasteiger partial charge >= 0.3 is 6.03 Å². The summed E-state index contributed by atoms with van der Waals surface area (Å²) in [6.45, 7) is 0.513. The van der Waals surface area contributed by atoms with E-state index in [1.165, 1.54) is 11.2 Å². The number of nitrogens with one attached hydrogen (secondary N) is 1. The van der Waals surface area contributed by atoms with Gasteiger partial charge in [-0.3, -0.25) is 4.90 Å². The van der Waals surface area contributed by atoms with Crippen molar-refractivity contribution in [2.24, 2.45) is 0 Å². The molecule has 0 radical (unpaired) electrons. The average molecular weight is 164 g/mol. The lowest BCUT2D eigenvalue weighted by atomic mass is 10.2. The molecule has 0 atom stereocenters. The van der Waals surface area contributed by atoms with E-state index in [0.717, 1.165) is 5.56 Å². The third-order valence-electron chi connectivity index (χ3n) is 1.82. The van der Waals surface area contributed by atoms with Crippen molar-refractivity contribution in [1.82, 2.24) is 15.3 Å². The molecular weight excluding hydrogens is 156 g/mol. The van der Waals surface area contributed by atoms with Gasteiger partial charge in [-0.05, 0) is 0 Å². The van der Waals surface area contributed by atoms with Crippen LogP contribution < -0.4 is 10.2 Å². The normalized spacial score (nSPS) is 15.4. The first kappa shape index (κ1) is 7.02. The second-order valence-corrected chi connectivity index (χ2v) is 2.59. The Labute approximate surface area is 69.4 Å². The van der Waals surface area contributed by atoms with Crippen LogP contribution in [0.2, 0.25) is 0 Å². The molecule has 5 nitrogen and oxygen atoms in total. The minimum Gasteiger partial charge on any atom is -0.333 e. The first-order valence-corrected chi connectivity index (χ1v) is 3.59. The van der Waals surface area contributed by atoms with Gasteiger partial charge in [0, 0.05) is 25.4 Å². The van der Waals surface area contributed by atoms with Crippen LogP contribution in [0.4, 0.5) is 10.6 Å². The first-order chi connectivity index (χ1) is 5.79. The fraction of sp³-hybridized carbons (Fsp3) is 0.286. The maximum Gasteiger partial charge on any atom is 0.323 e. The van der Waals surface area contributed by atoms with Gasteiger partial charge in [-0.15, -0.1) is 0 Å². The Hall–Kier alpha value is -1.65. The highest BCUT2D eigenvalue weighted by atomic mass is 16.2. The van der Waals surface area contributed by atoms with Crippen LogP contribution in [0.1, 0.15) is 5.56 Å². The molecule has 62 valence electrons. The quantitative estimate of drug-likeness (QED) is 0.593. The van der Waals surface area contributed by atoms with Gasteiger partial charge in [0.25, 0.3) is 0 Å². The summed E-state index contributed by atoms with van der Waals surface area (Å²) in [5, 5.41) is 2.69. The lowest BCUT2D eigenvalue weighted by Gasteiger charge is -2.24. The SMILES string of the molecule is CN1C(=O)NCc2cncnc21. The molecule has 0 fully saturated rings. The number of nitrogens with zero attached hydrogens (tertiary/aromatic N) is 3. The van der Waals surface area contributed by atoms with Crippen LogP contribution in [-0.2, 0) is 6.54 Å². The van der Waals surface area contributed by atoms with Crippen molar-refractivity contribution < 1.29 is 4.79 Å². The van der Waals surface area contributed by atoms with Crippen LogP contribution >= 0.6 is 0 Å². The number of hydrogen-bond acceptors (Lipinski definition) is 3. The lowest BCUT2D eigenvalue weighted by molar-refractivity contribution is 0.245. The van der Waals surface area contributed by atoms with Gasteiger partial charge in [0.1, 0.15) is 12.1 Å². The van der Waals surface area contributed by atoms with Gasteiger partial charge in [-0.25, -0.2) is 14.8 Å². The Morgan fingerprint density at radius 3 is 3.33 bits per heavy atom. The Morgan fingerprint density at radius 1 is 1.67 bits per heavy atom. The molecule has 5 heteroatoms. The molecule has 2 heterocycles. The number of urea groups is 1. The summed E-state index contributed by atoms with van der Waals surface area (Å²) in [4.78, 5) is 20.5. The molecule has 0 saturated carbocycles. The fourth-order valence-corrected chi connectivity index (χ4v) is 1.16. The predicted octanol–water partition coefficient (Wildman–Crippen LogP) is 0.136. The number of carbonyl (C=O) groups is 1. The average Bonchev–Trinajstić information content (AvgIpc) is 2.12. The summed E-state index contributed by atoms with van der Waals surface area (Å²) in [6, 6.07) is -0.124. The van der Waals surface area contributed by atoms with Crippen molar-refractivity contribution in [3.8, 4) is 0 Å². The Morgan fingerprint density at radius 2 is 2.50 bits per heavy atom. The molecule has 0 spiro atoms. The number of anilines is 1. The number of rotatable bonds is 0. The van der Waals surface area contributed by atoms with Gasteiger partial charge in [0.15, 0.2) is 0 Å². The molecule has 1 aliphatic rings. The smallest absolute Gasteiger partial charge is 0.323 e. The minimum atomic E-state index is -0.124. The number of fused-ring (bicyclic) bond motifs is 1. The first-order valence-electron chi connectivity index (χ1n) is 3.59. The zero-order valence-corrected chi connectivity index (χ0v) is 6.61. The summed E-state index contributed by atoms with van der Waals surface area (Å²) in [5.41, 5.74) is 0.944. The van der Waals surface area contributed by atoms with Crippen LogP contribution in [0, 0.1) is 0 Å². The maximum absolute atomic E-state index is 11.1. The van der Waals surface area contributed by atoms with E-state index in [1.807, 2.05) is 0 Å². The van der Waals surface area contributed by atoms with Crippen molar-refractivity contribution in [2.45, 2.75) is 6.54 Å². The zero-order valence-electron chi connectivity index (χ0n) is 6.61. The minimum absolute atomic E-state index is 0.124. The van der Waals surface area contributed by atoms with Crippen molar-refractivity contribution in [3.05, 3.63) is 18.1 Å². The molecule has 0 bridgehead atoms. The third kappa shape index (κ3) is 0.903. The third-order valence-corrected chi connectivity index (χ3v) is 1.82. The molecule has 0 saturated heterocycles. The van der Waals surface area contributed by atoms with Crippen LogP contribution in [0.5, 0.6) is 0 Å². The standard InChI is InChI=1S/C7H8N4O/c1-11-6-5(2-8-4-10-6)3-9-7(11)12/h2,4H,3H2,1H3,(H,9,12). The van der Waals surface area contributed by atoms with Crippen molar-refractivity contribution in [1.29, 1.82) is 0 Å². The molecule has 0 aliphatic carbocycles. The second kappa shape index (κ2) is 2.44. The van der Waals surface area contributed by atoms with Crippen LogP contribution in [0.25, 0.3) is 0 Å². The summed E-state index contributed by atoms with van der Waals surface area (Å²) in [7, 11) is 1.68. The topological polar surface area (TPSA) is 58.1 Å². The van der Waals surface area contributed by atoms with E-state index in [9.17, 15) is 4.79 Å². The van der Waals surface area contributed by atoms with Gasteiger partial charge in [0.2, 0.25) is 0 Å². The molecule has 1 N–H and O–H groups in total. The second-order valence-electron chi connectivity index (χ2n) is 2.59. The Kier molecular flexibility index (Phi) is 1.43. The van der Waals surface area contributed by atoms with E-state index < -0.39 is 0 Å². The van der Waals surface area contributed by atoms with E-state index in [1.54, 1.807) is 13.2 Å². The lowest BCUT2D eigenvalue weighted by Crippen LogP contribution is -2.42. The Bertz CT molecular complexity index is 325. The van der Waals surface area contributed by atoms with Crippen molar-refractivity contribution in [2.75, 3.05) is 11.9 Å². The van der Waals surface area contributed by atoms with E-state index in [4.69, 9.17) is 0 Å². The van der Waals surface area contributed by atoms with Crippen molar-refractivity contribution >= 4 is 11.8 Å². The highest BCUT2D eigenvalue weighted by molar-refractivity contribution is 5.92. The molecule has 1 aromatic heterocycles. The van der Waals surface area contributed by atoms with Gasteiger partial charge in [-0.1, -0.05) is 0 Å². The van der Waals surface area contributed by atoms with E-state index in [2.05, 4.69) is 15.3 Å². The van der Waals surface area contributed by atoms with Crippen LogP contribution in [0.15, 0.2) is 12.5 Å². The number of amides is 2. The van der Waals surface area contributed by atoms with E-state index in [-0.39, 0.29) is 6.03 Å². The zero-order chi connectivity index (χ0) is 8.55. The van der Waals surface area contributed by atoms with Gasteiger partial charge in [-0.2, -0.15) is 0 Å². The fourth-order valence-electron chi connectivity index (χ4n) is 1.16.